The van der Waals surface area contributed by atoms with Gasteiger partial charge in [0.1, 0.15) is 0 Å². The van der Waals surface area contributed by atoms with Crippen molar-refractivity contribution >= 4 is 15.7 Å². The largest absolute Gasteiger partial charge is 0.388 e. The van der Waals surface area contributed by atoms with Crippen LogP contribution in [0.25, 0.3) is 0 Å². The van der Waals surface area contributed by atoms with Crippen LogP contribution in [0.15, 0.2) is 29.2 Å². The predicted molar refractivity (Wildman–Crippen MR) is 73.4 cm³/mol. The summed E-state index contributed by atoms with van der Waals surface area (Å²) < 4.78 is 27.1. The van der Waals surface area contributed by atoms with Crippen molar-refractivity contribution < 1.29 is 18.3 Å². The lowest BCUT2D eigenvalue weighted by atomic mass is 10.0. The van der Waals surface area contributed by atoms with Crippen LogP contribution in [0.3, 0.4) is 0 Å². The average molecular weight is 288 g/mol. The summed E-state index contributed by atoms with van der Waals surface area (Å²) in [4.78, 5) is 0.0594. The Bertz CT molecular complexity index is 497. The molecule has 0 aliphatic heterocycles. The van der Waals surface area contributed by atoms with Crippen LogP contribution in [0, 0.1) is 0 Å². The molecule has 4 N–H and O–H groups in total. The molecule has 108 valence electrons. The second kappa shape index (κ2) is 6.33. The minimum atomic E-state index is -3.67. The summed E-state index contributed by atoms with van der Waals surface area (Å²) in [6.45, 7) is 2.52. The number of methoxy groups -OCH3 is 1. The van der Waals surface area contributed by atoms with Crippen LogP contribution >= 0.6 is 0 Å². The van der Waals surface area contributed by atoms with Crippen molar-refractivity contribution in [2.45, 2.75) is 23.8 Å². The number of sulfonamides is 1. The second-order valence-corrected chi connectivity index (χ2v) is 6.22. The van der Waals surface area contributed by atoms with Crippen LogP contribution in [0.4, 0.5) is 5.69 Å². The van der Waals surface area contributed by atoms with Gasteiger partial charge in [0.15, 0.2) is 0 Å². The first-order chi connectivity index (χ1) is 8.74. The van der Waals surface area contributed by atoms with Crippen molar-refractivity contribution in [1.82, 2.24) is 0 Å². The molecule has 0 saturated carbocycles. The molecule has 0 amide bonds. The molecule has 1 aromatic rings. The van der Waals surface area contributed by atoms with E-state index in [1.54, 1.807) is 26.2 Å². The number of rotatable bonds is 7. The molecule has 1 unspecified atom stereocenters. The first kappa shape index (κ1) is 15.9. The van der Waals surface area contributed by atoms with Crippen LogP contribution in [0.5, 0.6) is 0 Å². The highest BCUT2D eigenvalue weighted by Gasteiger charge is 2.19. The Kier molecular flexibility index (Phi) is 5.30. The summed E-state index contributed by atoms with van der Waals surface area (Å²) in [6, 6.07) is 6.04. The average Bonchev–Trinajstić information content (AvgIpc) is 2.34. The van der Waals surface area contributed by atoms with E-state index in [0.29, 0.717) is 25.3 Å². The Labute approximate surface area is 113 Å². The fourth-order valence-corrected chi connectivity index (χ4v) is 1.98. The maximum Gasteiger partial charge on any atom is 0.238 e. The molecule has 0 fully saturated rings. The molecule has 6 nitrogen and oxygen atoms in total. The topological polar surface area (TPSA) is 102 Å². The van der Waals surface area contributed by atoms with Crippen molar-refractivity contribution in [1.29, 1.82) is 0 Å². The molecular formula is C12H20N2O4S. The van der Waals surface area contributed by atoms with Gasteiger partial charge in [0.2, 0.25) is 10.0 Å². The fraction of sp³-hybridized carbons (Fsp3) is 0.500. The molecule has 0 saturated heterocycles. The number of hydrogen-bond acceptors (Lipinski definition) is 5. The van der Waals surface area contributed by atoms with Gasteiger partial charge in [-0.15, -0.1) is 0 Å². The molecule has 0 aromatic heterocycles. The molecule has 0 aliphatic rings. The van der Waals surface area contributed by atoms with Gasteiger partial charge in [-0.1, -0.05) is 0 Å². The van der Waals surface area contributed by atoms with Gasteiger partial charge in [-0.25, -0.2) is 13.6 Å². The van der Waals surface area contributed by atoms with Crippen LogP contribution in [0.1, 0.15) is 13.3 Å². The van der Waals surface area contributed by atoms with E-state index in [4.69, 9.17) is 9.88 Å². The Morgan fingerprint density at radius 3 is 2.42 bits per heavy atom. The van der Waals surface area contributed by atoms with Gasteiger partial charge in [0, 0.05) is 32.4 Å². The highest BCUT2D eigenvalue weighted by molar-refractivity contribution is 7.89. The Hall–Kier alpha value is -1.15. The normalized spacial score (nSPS) is 14.9. The van der Waals surface area contributed by atoms with Gasteiger partial charge in [0.05, 0.1) is 10.5 Å². The quantitative estimate of drug-likeness (QED) is 0.679. The second-order valence-electron chi connectivity index (χ2n) is 4.66. The first-order valence-corrected chi connectivity index (χ1v) is 7.37. The number of anilines is 1. The van der Waals surface area contributed by atoms with Gasteiger partial charge in [-0.3, -0.25) is 0 Å². The fourth-order valence-electron chi connectivity index (χ4n) is 1.47. The number of hydrogen-bond donors (Lipinski definition) is 3. The van der Waals surface area contributed by atoms with Crippen molar-refractivity contribution in [2.24, 2.45) is 5.14 Å². The molecule has 7 heteroatoms. The van der Waals surface area contributed by atoms with Gasteiger partial charge in [0.25, 0.3) is 0 Å². The van der Waals surface area contributed by atoms with Gasteiger partial charge >= 0.3 is 0 Å². The van der Waals surface area contributed by atoms with Crippen LogP contribution in [-0.2, 0) is 14.8 Å². The number of benzene rings is 1. The maximum atomic E-state index is 11.1. The van der Waals surface area contributed by atoms with Crippen molar-refractivity contribution in [2.75, 3.05) is 25.6 Å². The van der Waals surface area contributed by atoms with E-state index in [1.807, 2.05) is 0 Å². The third-order valence-corrected chi connectivity index (χ3v) is 3.63. The number of nitrogens with one attached hydrogen (secondary N) is 1. The predicted octanol–water partition coefficient (Wildman–Crippen LogP) is 0.533. The maximum absolute atomic E-state index is 11.1. The summed E-state index contributed by atoms with van der Waals surface area (Å²) in [5.74, 6) is 0. The zero-order chi connectivity index (χ0) is 14.5. The first-order valence-electron chi connectivity index (χ1n) is 5.83. The number of ether oxygens (including phenoxy) is 1. The highest BCUT2D eigenvalue weighted by Crippen LogP contribution is 2.15. The van der Waals surface area contributed by atoms with Crippen molar-refractivity contribution in [3.8, 4) is 0 Å². The number of aliphatic hydroxyl groups is 1. The molecule has 0 aliphatic carbocycles. The Morgan fingerprint density at radius 2 is 1.95 bits per heavy atom. The van der Waals surface area contributed by atoms with Gasteiger partial charge < -0.3 is 15.2 Å². The lowest BCUT2D eigenvalue weighted by Gasteiger charge is -2.23. The lowest BCUT2D eigenvalue weighted by molar-refractivity contribution is 0.0357. The minimum absolute atomic E-state index is 0.0594. The molecule has 0 bridgehead atoms. The molecule has 0 radical (unpaired) electrons. The molecule has 1 rings (SSSR count). The van der Waals surface area contributed by atoms with Crippen molar-refractivity contribution in [3.05, 3.63) is 24.3 Å². The van der Waals surface area contributed by atoms with Gasteiger partial charge in [-0.05, 0) is 31.2 Å². The molecule has 1 atom stereocenters. The summed E-state index contributed by atoms with van der Waals surface area (Å²) in [5.41, 5.74) is -0.181. The van der Waals surface area contributed by atoms with E-state index in [0.717, 1.165) is 0 Å². The minimum Gasteiger partial charge on any atom is -0.388 e. The Morgan fingerprint density at radius 1 is 1.37 bits per heavy atom. The highest BCUT2D eigenvalue weighted by atomic mass is 32.2. The van der Waals surface area contributed by atoms with E-state index in [1.165, 1.54) is 12.1 Å². The zero-order valence-corrected chi connectivity index (χ0v) is 11.9. The monoisotopic (exact) mass is 288 g/mol. The SMILES string of the molecule is COCCC(C)(O)CNc1ccc(S(N)(=O)=O)cc1. The molecular weight excluding hydrogens is 268 g/mol. The van der Waals surface area contributed by atoms with E-state index in [9.17, 15) is 13.5 Å². The van der Waals surface area contributed by atoms with E-state index in [2.05, 4.69) is 5.32 Å². The zero-order valence-electron chi connectivity index (χ0n) is 11.1. The summed E-state index contributed by atoms with van der Waals surface area (Å²) in [7, 11) is -2.09. The summed E-state index contributed by atoms with van der Waals surface area (Å²) >= 11 is 0. The van der Waals surface area contributed by atoms with Crippen LogP contribution in [0.2, 0.25) is 0 Å². The standard InChI is InChI=1S/C12H20N2O4S/c1-12(15,7-8-18-2)9-14-10-3-5-11(6-4-10)19(13,16)17/h3-6,14-15H,7-9H2,1-2H3,(H2,13,16,17). The van der Waals surface area contributed by atoms with E-state index < -0.39 is 15.6 Å². The van der Waals surface area contributed by atoms with Gasteiger partial charge in [-0.2, -0.15) is 0 Å². The molecule has 1 aromatic carbocycles. The molecule has 0 heterocycles. The van der Waals surface area contributed by atoms with E-state index in [-0.39, 0.29) is 4.90 Å². The third-order valence-electron chi connectivity index (χ3n) is 2.70. The van der Waals surface area contributed by atoms with Crippen LogP contribution < -0.4 is 10.5 Å². The lowest BCUT2D eigenvalue weighted by Crippen LogP contribution is -2.34. The summed E-state index contributed by atoms with van der Waals surface area (Å²) in [5, 5.41) is 18.1. The molecule has 19 heavy (non-hydrogen) atoms. The Balaban J connectivity index is 2.59. The smallest absolute Gasteiger partial charge is 0.238 e. The molecule has 0 spiro atoms. The van der Waals surface area contributed by atoms with E-state index >= 15 is 0 Å². The third kappa shape index (κ3) is 5.56. The number of nitrogens with two attached hydrogens (primary N) is 1. The van der Waals surface area contributed by atoms with Crippen LogP contribution in [-0.4, -0.2) is 39.4 Å². The number of primary sulfonamides is 1. The summed E-state index contributed by atoms with van der Waals surface area (Å²) in [6.07, 6.45) is 0.506. The van der Waals surface area contributed by atoms with Crippen molar-refractivity contribution in [3.63, 3.8) is 0 Å².